The van der Waals surface area contributed by atoms with Crippen LogP contribution in [0.2, 0.25) is 0 Å². The number of carbonyl (C=O) groups excluding carboxylic acids is 1. The second kappa shape index (κ2) is 8.22. The highest BCUT2D eigenvalue weighted by Crippen LogP contribution is 2.28. The van der Waals surface area contributed by atoms with E-state index in [0.717, 1.165) is 11.4 Å². The van der Waals surface area contributed by atoms with Crippen LogP contribution < -0.4 is 10.6 Å². The lowest BCUT2D eigenvalue weighted by Crippen LogP contribution is -2.22. The fraction of sp³-hybridized carbons (Fsp3) is 0.240. The van der Waals surface area contributed by atoms with Crippen molar-refractivity contribution in [2.75, 3.05) is 5.01 Å². The summed E-state index contributed by atoms with van der Waals surface area (Å²) >= 11 is 0. The maximum atomic E-state index is 13.3. The Hall–Kier alpha value is -3.67. The van der Waals surface area contributed by atoms with E-state index >= 15 is 0 Å². The van der Waals surface area contributed by atoms with Gasteiger partial charge in [0.15, 0.2) is 0 Å². The smallest absolute Gasteiger partial charge is 0.280 e. The summed E-state index contributed by atoms with van der Waals surface area (Å²) in [6, 6.07) is 18.8. The minimum Gasteiger partial charge on any atom is -0.294 e. The molecule has 0 atom stereocenters. The maximum absolute atomic E-state index is 13.3. The van der Waals surface area contributed by atoms with E-state index in [1.54, 1.807) is 6.08 Å². The van der Waals surface area contributed by atoms with E-state index in [2.05, 4.69) is 10.2 Å². The number of nitrogens with one attached hydrogen (secondary N) is 1. The molecule has 3 aromatic rings. The average molecular weight is 415 g/mol. The number of hydrogen-bond donors (Lipinski definition) is 1. The molecule has 2 heterocycles. The van der Waals surface area contributed by atoms with Gasteiger partial charge in [-0.3, -0.25) is 14.7 Å². The number of carbonyl (C=O) groups is 1. The number of H-pyrrole nitrogens is 1. The summed E-state index contributed by atoms with van der Waals surface area (Å²) in [5.41, 5.74) is 3.68. The zero-order valence-corrected chi connectivity index (χ0v) is 18.2. The molecule has 6 heteroatoms. The molecule has 6 nitrogen and oxygen atoms in total. The predicted molar refractivity (Wildman–Crippen MR) is 125 cm³/mol. The Kier molecular flexibility index (Phi) is 5.46. The standard InChI is InChI=1S/C25H26N4O2/c1-16(2)22-20(24(30)28(26-22)18-11-7-5-8-12-18)15-21-23(17(3)4)27-29(25(21)31)19-13-9-6-10-14-19/h5-17,26H,1-4H3/b21-15-. The van der Waals surface area contributed by atoms with E-state index in [1.807, 2.05) is 88.4 Å². The summed E-state index contributed by atoms with van der Waals surface area (Å²) in [7, 11) is 0. The number of benzene rings is 2. The highest BCUT2D eigenvalue weighted by molar-refractivity contribution is 6.33. The molecule has 2 aromatic carbocycles. The molecule has 1 aliphatic heterocycles. The van der Waals surface area contributed by atoms with Crippen LogP contribution in [-0.4, -0.2) is 21.4 Å². The molecular weight excluding hydrogens is 388 g/mol. The van der Waals surface area contributed by atoms with Gasteiger partial charge in [-0.15, -0.1) is 0 Å². The Morgan fingerprint density at radius 1 is 0.839 bits per heavy atom. The van der Waals surface area contributed by atoms with Crippen molar-refractivity contribution in [3.63, 3.8) is 0 Å². The van der Waals surface area contributed by atoms with Crippen molar-refractivity contribution in [2.24, 2.45) is 11.0 Å². The van der Waals surface area contributed by atoms with Crippen molar-refractivity contribution in [1.82, 2.24) is 9.78 Å². The van der Waals surface area contributed by atoms with Crippen molar-refractivity contribution in [3.05, 3.63) is 87.8 Å². The molecule has 0 saturated heterocycles. The van der Waals surface area contributed by atoms with Crippen LogP contribution in [-0.2, 0) is 4.79 Å². The van der Waals surface area contributed by atoms with Crippen LogP contribution in [0.4, 0.5) is 5.69 Å². The summed E-state index contributed by atoms with van der Waals surface area (Å²) in [6.07, 6.45) is 1.71. The van der Waals surface area contributed by atoms with Crippen molar-refractivity contribution in [1.29, 1.82) is 0 Å². The molecule has 31 heavy (non-hydrogen) atoms. The summed E-state index contributed by atoms with van der Waals surface area (Å²) in [5.74, 6) is -0.121. The Morgan fingerprint density at radius 3 is 1.97 bits per heavy atom. The summed E-state index contributed by atoms with van der Waals surface area (Å²) in [4.78, 5) is 26.7. The molecule has 0 unspecified atom stereocenters. The molecule has 1 aromatic heterocycles. The van der Waals surface area contributed by atoms with Crippen molar-refractivity contribution >= 4 is 23.4 Å². The highest BCUT2D eigenvalue weighted by atomic mass is 16.2. The quantitative estimate of drug-likeness (QED) is 0.613. The number of hydrogen-bond acceptors (Lipinski definition) is 3. The first-order valence-corrected chi connectivity index (χ1v) is 10.5. The van der Waals surface area contributed by atoms with Gasteiger partial charge in [0.2, 0.25) is 0 Å². The van der Waals surface area contributed by atoms with Crippen LogP contribution >= 0.6 is 0 Å². The second-order valence-electron chi connectivity index (χ2n) is 8.22. The number of nitrogens with zero attached hydrogens (tertiary/aromatic N) is 3. The Labute approximate surface area is 181 Å². The fourth-order valence-corrected chi connectivity index (χ4v) is 3.69. The molecule has 0 radical (unpaired) electrons. The number of amides is 1. The minimum absolute atomic E-state index is 0.0294. The molecule has 0 saturated carbocycles. The topological polar surface area (TPSA) is 70.5 Å². The number of anilines is 1. The monoisotopic (exact) mass is 414 g/mol. The summed E-state index contributed by atoms with van der Waals surface area (Å²) < 4.78 is 1.53. The third-order valence-electron chi connectivity index (χ3n) is 5.29. The van der Waals surface area contributed by atoms with Gasteiger partial charge in [0.25, 0.3) is 11.5 Å². The SMILES string of the molecule is CC(C)C1=NN(c2ccccc2)C(=O)/C1=C\c1c(C(C)C)[nH]n(-c2ccccc2)c1=O. The van der Waals surface area contributed by atoms with Crippen LogP contribution in [0, 0.1) is 5.92 Å². The van der Waals surface area contributed by atoms with Gasteiger partial charge in [-0.1, -0.05) is 64.1 Å². The van der Waals surface area contributed by atoms with Crippen molar-refractivity contribution in [2.45, 2.75) is 33.6 Å². The first-order chi connectivity index (χ1) is 14.9. The third kappa shape index (κ3) is 3.77. The molecule has 1 amide bonds. The molecule has 1 aliphatic rings. The molecule has 0 aliphatic carbocycles. The van der Waals surface area contributed by atoms with Crippen molar-refractivity contribution < 1.29 is 4.79 Å². The number of aromatic amines is 1. The van der Waals surface area contributed by atoms with Gasteiger partial charge < -0.3 is 0 Å². The second-order valence-corrected chi connectivity index (χ2v) is 8.22. The lowest BCUT2D eigenvalue weighted by molar-refractivity contribution is -0.114. The number of hydrazone groups is 1. The molecule has 0 spiro atoms. The van der Waals surface area contributed by atoms with Gasteiger partial charge in [0.1, 0.15) is 0 Å². The first-order valence-electron chi connectivity index (χ1n) is 10.5. The third-order valence-corrected chi connectivity index (χ3v) is 5.29. The Bertz CT molecular complexity index is 1220. The molecule has 1 N–H and O–H groups in total. The molecular formula is C25H26N4O2. The van der Waals surface area contributed by atoms with Crippen LogP contribution in [0.1, 0.15) is 44.9 Å². The lowest BCUT2D eigenvalue weighted by atomic mass is 9.97. The zero-order chi connectivity index (χ0) is 22.1. The van der Waals surface area contributed by atoms with Crippen LogP contribution in [0.25, 0.3) is 11.8 Å². The van der Waals surface area contributed by atoms with Crippen LogP contribution in [0.5, 0.6) is 0 Å². The average Bonchev–Trinajstić information content (AvgIpc) is 3.27. The number of aromatic nitrogens is 2. The summed E-state index contributed by atoms with van der Waals surface area (Å²) in [5, 5.41) is 9.25. The van der Waals surface area contributed by atoms with Gasteiger partial charge in [-0.05, 0) is 42.2 Å². The van der Waals surface area contributed by atoms with Crippen LogP contribution in [0.15, 0.2) is 76.1 Å². The van der Waals surface area contributed by atoms with Crippen LogP contribution in [0.3, 0.4) is 0 Å². The predicted octanol–water partition coefficient (Wildman–Crippen LogP) is 4.73. The number of rotatable bonds is 5. The van der Waals surface area contributed by atoms with Gasteiger partial charge in [0.05, 0.1) is 28.2 Å². The van der Waals surface area contributed by atoms with E-state index < -0.39 is 0 Å². The van der Waals surface area contributed by atoms with E-state index in [0.29, 0.717) is 22.5 Å². The normalized spacial score (nSPS) is 15.4. The number of para-hydroxylation sites is 2. The maximum Gasteiger partial charge on any atom is 0.280 e. The first kappa shape index (κ1) is 20.6. The van der Waals surface area contributed by atoms with E-state index in [9.17, 15) is 9.59 Å². The largest absolute Gasteiger partial charge is 0.294 e. The van der Waals surface area contributed by atoms with Gasteiger partial charge >= 0.3 is 0 Å². The zero-order valence-electron chi connectivity index (χ0n) is 18.2. The molecule has 0 fully saturated rings. The van der Waals surface area contributed by atoms with E-state index in [1.165, 1.54) is 9.69 Å². The van der Waals surface area contributed by atoms with E-state index in [4.69, 9.17) is 0 Å². The highest BCUT2D eigenvalue weighted by Gasteiger charge is 2.33. The van der Waals surface area contributed by atoms with Gasteiger partial charge in [0, 0.05) is 5.69 Å². The van der Waals surface area contributed by atoms with Crippen molar-refractivity contribution in [3.8, 4) is 5.69 Å². The van der Waals surface area contributed by atoms with E-state index in [-0.39, 0.29) is 23.3 Å². The Balaban J connectivity index is 1.86. The van der Waals surface area contributed by atoms with Gasteiger partial charge in [-0.25, -0.2) is 4.68 Å². The molecule has 4 rings (SSSR count). The lowest BCUT2D eigenvalue weighted by Gasteiger charge is -2.11. The van der Waals surface area contributed by atoms with Gasteiger partial charge in [-0.2, -0.15) is 10.1 Å². The minimum atomic E-state index is -0.225. The fourth-order valence-electron chi connectivity index (χ4n) is 3.69. The summed E-state index contributed by atoms with van der Waals surface area (Å²) in [6.45, 7) is 8.04. The molecule has 158 valence electrons. The Morgan fingerprint density at radius 2 is 1.42 bits per heavy atom. The molecule has 0 bridgehead atoms.